The Kier molecular flexibility index (Phi) is 16.2. The van der Waals surface area contributed by atoms with Crippen molar-refractivity contribution in [1.29, 1.82) is 0 Å². The Balaban J connectivity index is 0.000000202. The first kappa shape index (κ1) is 48.2. The van der Waals surface area contributed by atoms with Crippen LogP contribution in [0.5, 0.6) is 17.2 Å². The van der Waals surface area contributed by atoms with E-state index < -0.39 is 21.4 Å². The topological polar surface area (TPSA) is 238 Å². The first-order chi connectivity index (χ1) is 32.4. The molecule has 0 amide bonds. The van der Waals surface area contributed by atoms with Crippen LogP contribution in [0.15, 0.2) is 110 Å². The van der Waals surface area contributed by atoms with E-state index in [1.165, 1.54) is 46.1 Å². The van der Waals surface area contributed by atoms with Crippen LogP contribution in [0.4, 0.5) is 38.8 Å². The fraction of sp³-hybridized carbons (Fsp3) is 0.217. The molecule has 3 N–H and O–H groups in total. The number of aliphatic hydroxyl groups excluding tert-OH is 1. The van der Waals surface area contributed by atoms with Gasteiger partial charge in [-0.25, -0.2) is 19.9 Å². The third kappa shape index (κ3) is 11.5. The number of fused-ring (bicyclic) bond motifs is 2. The van der Waals surface area contributed by atoms with Crippen LogP contribution in [-0.2, 0) is 23.6 Å². The zero-order valence-corrected chi connectivity index (χ0v) is 37.3. The molecule has 8 aromatic rings. The maximum absolute atomic E-state index is 13.9. The number of halogens is 1. The molecule has 0 aliphatic rings. The summed E-state index contributed by atoms with van der Waals surface area (Å²) in [5, 5.41) is 38.8. The van der Waals surface area contributed by atoms with Crippen LogP contribution >= 0.6 is 0 Å². The Morgan fingerprint density at radius 3 is 1.55 bits per heavy atom. The normalized spacial score (nSPS) is 10.7. The molecule has 0 atom stereocenters. The van der Waals surface area contributed by atoms with Crippen molar-refractivity contribution < 1.29 is 43.0 Å². The standard InChI is InChI=1S/C23H23N5O5.C20H16FN5O3.C3H8O2/c1-27-13-16(15-6-4-5-7-19(15)27)17-11-23(25-14-24-17)26-18-10-20(28(29)30)22(12-21(18)32-3)33-9-8-31-2;1-25-10-13(12-5-3-4-6-17(12)25)15-9-20(23-11-22-15)24-16-8-18(26(27)28)14(21)7-19(16)29-2;1-5-3-2-4/h4-7,10-14H,8-9H2,1-3H3,(H,24,25,26);3-11H,1-2H3,(H,22,23,24);4H,2-3H2,1H3. The maximum Gasteiger partial charge on any atom is 0.313 e. The Bertz CT molecular complexity index is 3000. The Morgan fingerprint density at radius 1 is 0.627 bits per heavy atom. The molecular weight excluding hydrogens is 872 g/mol. The van der Waals surface area contributed by atoms with E-state index in [-0.39, 0.29) is 36.1 Å². The van der Waals surface area contributed by atoms with Gasteiger partial charge in [0.05, 0.1) is 66.6 Å². The van der Waals surface area contributed by atoms with E-state index in [1.807, 2.05) is 84.2 Å². The van der Waals surface area contributed by atoms with Gasteiger partial charge in [-0.15, -0.1) is 0 Å². The van der Waals surface area contributed by atoms with Gasteiger partial charge in [-0.1, -0.05) is 36.4 Å². The second-order valence-corrected chi connectivity index (χ2v) is 14.3. The maximum atomic E-state index is 13.9. The number of benzene rings is 4. The van der Waals surface area contributed by atoms with Crippen molar-refractivity contribution in [2.75, 3.05) is 65.5 Å². The number of ether oxygens (including phenoxy) is 5. The number of hydrogen-bond acceptors (Lipinski definition) is 16. The van der Waals surface area contributed by atoms with Gasteiger partial charge in [-0.3, -0.25) is 20.2 Å². The minimum Gasteiger partial charge on any atom is -0.494 e. The number of para-hydroxylation sites is 2. The highest BCUT2D eigenvalue weighted by atomic mass is 19.1. The van der Waals surface area contributed by atoms with Gasteiger partial charge >= 0.3 is 11.4 Å². The molecular formula is C46H47FN10O10. The summed E-state index contributed by atoms with van der Waals surface area (Å²) in [6.07, 6.45) is 6.82. The molecule has 20 nitrogen and oxygen atoms in total. The van der Waals surface area contributed by atoms with E-state index in [4.69, 9.17) is 24.1 Å². The van der Waals surface area contributed by atoms with Crippen molar-refractivity contribution in [3.05, 3.63) is 136 Å². The molecule has 0 saturated carbocycles. The van der Waals surface area contributed by atoms with E-state index in [1.54, 1.807) is 19.2 Å². The minimum atomic E-state index is -0.975. The van der Waals surface area contributed by atoms with Crippen LogP contribution in [-0.4, -0.2) is 98.9 Å². The van der Waals surface area contributed by atoms with Gasteiger partial charge in [-0.05, 0) is 12.1 Å². The molecule has 4 heterocycles. The molecule has 0 saturated heterocycles. The number of aromatic nitrogens is 6. The summed E-state index contributed by atoms with van der Waals surface area (Å²) in [6.45, 7) is 1.04. The van der Waals surface area contributed by atoms with Gasteiger partial charge in [0.2, 0.25) is 11.6 Å². The lowest BCUT2D eigenvalue weighted by molar-refractivity contribution is -0.387. The van der Waals surface area contributed by atoms with E-state index in [9.17, 15) is 24.6 Å². The molecule has 67 heavy (non-hydrogen) atoms. The van der Waals surface area contributed by atoms with Crippen molar-refractivity contribution in [1.82, 2.24) is 29.1 Å². The summed E-state index contributed by atoms with van der Waals surface area (Å²) in [4.78, 5) is 38.6. The van der Waals surface area contributed by atoms with Crippen molar-refractivity contribution in [3.63, 3.8) is 0 Å². The van der Waals surface area contributed by atoms with Crippen LogP contribution in [0.25, 0.3) is 44.3 Å². The van der Waals surface area contributed by atoms with Crippen molar-refractivity contribution in [2.45, 2.75) is 0 Å². The number of methoxy groups -OCH3 is 4. The molecule has 0 unspecified atom stereocenters. The van der Waals surface area contributed by atoms with Crippen LogP contribution in [0, 0.1) is 26.0 Å². The second-order valence-electron chi connectivity index (χ2n) is 14.3. The van der Waals surface area contributed by atoms with Gasteiger partial charge in [0.25, 0.3) is 0 Å². The quantitative estimate of drug-likeness (QED) is 0.0468. The number of anilines is 4. The molecule has 8 rings (SSSR count). The van der Waals surface area contributed by atoms with Crippen molar-refractivity contribution in [2.24, 2.45) is 14.1 Å². The lowest BCUT2D eigenvalue weighted by Crippen LogP contribution is -2.07. The predicted octanol–water partition coefficient (Wildman–Crippen LogP) is 8.38. The van der Waals surface area contributed by atoms with E-state index >= 15 is 0 Å². The monoisotopic (exact) mass is 918 g/mol. The van der Waals surface area contributed by atoms with Gasteiger partial charge in [-0.2, -0.15) is 4.39 Å². The molecule has 4 aromatic carbocycles. The zero-order chi connectivity index (χ0) is 48.0. The van der Waals surface area contributed by atoms with Gasteiger partial charge in [0.1, 0.15) is 42.4 Å². The SMILES string of the molecule is COCCO.COCCOc1cc(OC)c(Nc2cc(-c3cn(C)c4ccccc34)ncn2)cc1[N+](=O)[O-].COc1cc(F)c([N+](=O)[O-])cc1Nc1cc(-c2cn(C)c3ccccc23)ncn1. The summed E-state index contributed by atoms with van der Waals surface area (Å²) in [6, 6.07) is 24.4. The van der Waals surface area contributed by atoms with Crippen LogP contribution in [0.2, 0.25) is 0 Å². The van der Waals surface area contributed by atoms with Gasteiger partial charge in [0.15, 0.2) is 0 Å². The highest BCUT2D eigenvalue weighted by molar-refractivity contribution is 5.96. The minimum absolute atomic E-state index is 0.0959. The highest BCUT2D eigenvalue weighted by Crippen LogP contribution is 2.40. The van der Waals surface area contributed by atoms with E-state index in [0.717, 1.165) is 50.8 Å². The summed E-state index contributed by atoms with van der Waals surface area (Å²) in [5.74, 6) is 0.475. The highest BCUT2D eigenvalue weighted by Gasteiger charge is 2.22. The molecule has 0 aliphatic heterocycles. The van der Waals surface area contributed by atoms with Crippen LogP contribution in [0.3, 0.4) is 0 Å². The zero-order valence-electron chi connectivity index (χ0n) is 37.3. The average molecular weight is 919 g/mol. The number of aryl methyl sites for hydroxylation is 2. The van der Waals surface area contributed by atoms with Gasteiger partial charge in [0, 0.05) is 110 Å². The molecule has 0 spiro atoms. The summed E-state index contributed by atoms with van der Waals surface area (Å²) in [7, 11) is 9.84. The predicted molar refractivity (Wildman–Crippen MR) is 250 cm³/mol. The lowest BCUT2D eigenvalue weighted by Gasteiger charge is -2.14. The molecule has 0 fully saturated rings. The first-order valence-electron chi connectivity index (χ1n) is 20.3. The van der Waals surface area contributed by atoms with E-state index in [2.05, 4.69) is 35.3 Å². The third-order valence-corrected chi connectivity index (χ3v) is 9.99. The largest absolute Gasteiger partial charge is 0.494 e. The number of nitro groups is 2. The third-order valence-electron chi connectivity index (χ3n) is 9.99. The van der Waals surface area contributed by atoms with Crippen LogP contribution in [0.1, 0.15) is 0 Å². The number of nitro benzene ring substituents is 2. The first-order valence-corrected chi connectivity index (χ1v) is 20.3. The number of rotatable bonds is 16. The van der Waals surface area contributed by atoms with Crippen LogP contribution < -0.4 is 24.8 Å². The number of hydrogen-bond donors (Lipinski definition) is 3. The molecule has 0 bridgehead atoms. The molecule has 0 aliphatic carbocycles. The van der Waals surface area contributed by atoms with Crippen molar-refractivity contribution in [3.8, 4) is 39.8 Å². The molecule has 4 aromatic heterocycles. The Morgan fingerprint density at radius 2 is 1.10 bits per heavy atom. The van der Waals surface area contributed by atoms with E-state index in [0.29, 0.717) is 42.0 Å². The number of aliphatic hydroxyl groups is 1. The fourth-order valence-electron chi connectivity index (χ4n) is 6.86. The molecule has 21 heteroatoms. The van der Waals surface area contributed by atoms with Crippen molar-refractivity contribution >= 4 is 56.2 Å². The number of nitrogens with one attached hydrogen (secondary N) is 2. The summed E-state index contributed by atoms with van der Waals surface area (Å²) in [5.41, 5.74) is 5.17. The summed E-state index contributed by atoms with van der Waals surface area (Å²) < 4.78 is 43.4. The number of nitrogens with zero attached hydrogens (tertiary/aromatic N) is 8. The smallest absolute Gasteiger partial charge is 0.313 e. The Labute approximate surface area is 382 Å². The second kappa shape index (κ2) is 22.6. The summed E-state index contributed by atoms with van der Waals surface area (Å²) >= 11 is 0. The average Bonchev–Trinajstić information content (AvgIpc) is 3.86. The molecule has 348 valence electrons. The lowest BCUT2D eigenvalue weighted by atomic mass is 10.1. The van der Waals surface area contributed by atoms with Gasteiger partial charge < -0.3 is 48.6 Å². The molecule has 0 radical (unpaired) electrons. The Hall–Kier alpha value is -8.27. The fourth-order valence-corrected chi connectivity index (χ4v) is 6.86.